The molecule has 0 aromatic heterocycles. The Bertz CT molecular complexity index is 706. The number of aryl methyl sites for hydroxylation is 1. The maximum absolute atomic E-state index is 12.1. The van der Waals surface area contributed by atoms with E-state index in [9.17, 15) is 19.8 Å². The van der Waals surface area contributed by atoms with Crippen LogP contribution in [0.1, 0.15) is 31.5 Å². The predicted molar refractivity (Wildman–Crippen MR) is 95.2 cm³/mol. The maximum atomic E-state index is 12.1. The van der Waals surface area contributed by atoms with Crippen LogP contribution >= 0.6 is 0 Å². The molecule has 0 saturated carbocycles. The fourth-order valence-corrected chi connectivity index (χ4v) is 2.39. The number of anilines is 1. The summed E-state index contributed by atoms with van der Waals surface area (Å²) in [5.74, 6) is -1.52. The van der Waals surface area contributed by atoms with Gasteiger partial charge in [0.25, 0.3) is 5.91 Å². The van der Waals surface area contributed by atoms with Crippen molar-refractivity contribution in [2.75, 3.05) is 5.32 Å². The molecule has 0 heterocycles. The second kappa shape index (κ2) is 8.96. The van der Waals surface area contributed by atoms with Gasteiger partial charge in [-0.1, -0.05) is 42.5 Å². The van der Waals surface area contributed by atoms with Crippen LogP contribution in [0.3, 0.4) is 0 Å². The number of rotatable bonds is 8. The zero-order valence-electron chi connectivity index (χ0n) is 13.6. The van der Waals surface area contributed by atoms with Gasteiger partial charge in [0.15, 0.2) is 6.10 Å². The van der Waals surface area contributed by atoms with Gasteiger partial charge in [0, 0.05) is 13.5 Å². The molecule has 4 N–H and O–H groups in total. The van der Waals surface area contributed by atoms with Crippen molar-refractivity contribution in [3.8, 4) is 0 Å². The minimum absolute atomic E-state index is 0. The second-order valence-electron chi connectivity index (χ2n) is 5.73. The van der Waals surface area contributed by atoms with E-state index in [1.807, 2.05) is 0 Å². The Morgan fingerprint density at radius 3 is 2.24 bits per heavy atom. The first kappa shape index (κ1) is 18.6. The molecule has 0 radical (unpaired) electrons. The van der Waals surface area contributed by atoms with Gasteiger partial charge in [0.1, 0.15) is 6.10 Å². The topological polar surface area (TPSA) is 107 Å². The van der Waals surface area contributed by atoms with E-state index in [1.165, 1.54) is 0 Å². The van der Waals surface area contributed by atoms with Crippen molar-refractivity contribution >= 4 is 17.6 Å². The Morgan fingerprint density at radius 1 is 1.00 bits per heavy atom. The molecular formula is C19H23NO5. The number of aliphatic hydroxyl groups excluding tert-OH is 2. The molecule has 0 saturated heterocycles. The number of hydrogen-bond donors (Lipinski definition) is 4. The molecule has 2 rings (SSSR count). The van der Waals surface area contributed by atoms with Gasteiger partial charge in [-0.05, 0) is 36.1 Å². The molecule has 0 fully saturated rings. The van der Waals surface area contributed by atoms with Crippen LogP contribution < -0.4 is 5.32 Å². The summed E-state index contributed by atoms with van der Waals surface area (Å²) in [6.07, 6.45) is -1.60. The lowest BCUT2D eigenvalue weighted by atomic mass is 10.0. The number of benzene rings is 2. The monoisotopic (exact) mass is 345 g/mol. The Labute approximate surface area is 147 Å². The van der Waals surface area contributed by atoms with Crippen molar-refractivity contribution in [3.05, 3.63) is 65.7 Å². The first-order chi connectivity index (χ1) is 12.0. The van der Waals surface area contributed by atoms with Gasteiger partial charge < -0.3 is 20.6 Å². The third kappa shape index (κ3) is 5.70. The minimum Gasteiger partial charge on any atom is -0.481 e. The summed E-state index contributed by atoms with van der Waals surface area (Å²) >= 11 is 0. The van der Waals surface area contributed by atoms with Gasteiger partial charge in [-0.3, -0.25) is 9.59 Å². The van der Waals surface area contributed by atoms with E-state index in [2.05, 4.69) is 5.32 Å². The maximum Gasteiger partial charge on any atom is 0.303 e. The Balaban J connectivity index is 0.00000338. The highest BCUT2D eigenvalue weighted by atomic mass is 16.4. The summed E-state index contributed by atoms with van der Waals surface area (Å²) in [4.78, 5) is 22.6. The molecular weight excluding hydrogens is 322 g/mol. The smallest absolute Gasteiger partial charge is 0.303 e. The highest BCUT2D eigenvalue weighted by Gasteiger charge is 2.25. The largest absolute Gasteiger partial charge is 0.481 e. The van der Waals surface area contributed by atoms with Crippen LogP contribution in [0.25, 0.3) is 0 Å². The Kier molecular flexibility index (Phi) is 6.68. The van der Waals surface area contributed by atoms with E-state index in [1.54, 1.807) is 54.6 Å². The van der Waals surface area contributed by atoms with E-state index in [-0.39, 0.29) is 7.85 Å². The minimum atomic E-state index is -1.59. The van der Waals surface area contributed by atoms with Gasteiger partial charge in [-0.2, -0.15) is 0 Å². The molecule has 0 bridgehead atoms. The van der Waals surface area contributed by atoms with Gasteiger partial charge >= 0.3 is 5.97 Å². The standard InChI is InChI=1S/C19H21NO5.H2/c21-16(22)8-4-5-13-9-11-15(12-10-13)20-19(25)18(24)17(23)14-6-2-1-3-7-14;/h1-3,6-7,9-12,17-18,23-24H,4-5,8H2,(H,20,25)(H,21,22);1H. The SMILES string of the molecule is O=C(O)CCCc1ccc(NC(=O)C(O)C(O)c2ccccc2)cc1.[HH]. The molecule has 2 atom stereocenters. The molecule has 2 aromatic carbocycles. The Morgan fingerprint density at radius 2 is 1.64 bits per heavy atom. The van der Waals surface area contributed by atoms with E-state index < -0.39 is 24.1 Å². The number of carbonyl (C=O) groups excluding carboxylic acids is 1. The number of nitrogens with one attached hydrogen (secondary N) is 1. The molecule has 6 heteroatoms. The van der Waals surface area contributed by atoms with Crippen molar-refractivity contribution in [1.82, 2.24) is 0 Å². The van der Waals surface area contributed by atoms with Crippen LogP contribution in [0.4, 0.5) is 5.69 Å². The summed E-state index contributed by atoms with van der Waals surface area (Å²) in [7, 11) is 0. The quantitative estimate of drug-likeness (QED) is 0.588. The first-order valence-electron chi connectivity index (χ1n) is 8.00. The Hall–Kier alpha value is -2.70. The van der Waals surface area contributed by atoms with E-state index in [0.717, 1.165) is 5.56 Å². The zero-order valence-corrected chi connectivity index (χ0v) is 13.6. The summed E-state index contributed by atoms with van der Waals surface area (Å²) in [5.41, 5.74) is 1.91. The number of carbonyl (C=O) groups is 2. The number of amides is 1. The summed E-state index contributed by atoms with van der Waals surface area (Å²) in [6, 6.07) is 15.4. The van der Waals surface area contributed by atoms with Crippen LogP contribution in [-0.2, 0) is 16.0 Å². The molecule has 1 amide bonds. The zero-order chi connectivity index (χ0) is 18.2. The molecule has 134 valence electrons. The average Bonchev–Trinajstić information content (AvgIpc) is 2.62. The van der Waals surface area contributed by atoms with Gasteiger partial charge in [0.05, 0.1) is 0 Å². The lowest BCUT2D eigenvalue weighted by Crippen LogP contribution is -2.33. The van der Waals surface area contributed by atoms with E-state index >= 15 is 0 Å². The molecule has 0 aliphatic heterocycles. The fraction of sp³-hybridized carbons (Fsp3) is 0.263. The normalized spacial score (nSPS) is 13.0. The number of carboxylic acids is 1. The number of aliphatic hydroxyl groups is 2. The third-order valence-corrected chi connectivity index (χ3v) is 3.79. The van der Waals surface area contributed by atoms with Gasteiger partial charge in [-0.15, -0.1) is 0 Å². The second-order valence-corrected chi connectivity index (χ2v) is 5.73. The van der Waals surface area contributed by atoms with E-state index in [4.69, 9.17) is 5.11 Å². The van der Waals surface area contributed by atoms with Crippen molar-refractivity contribution < 1.29 is 26.3 Å². The lowest BCUT2D eigenvalue weighted by Gasteiger charge is -2.18. The number of carboxylic acid groups (broad SMARTS) is 1. The van der Waals surface area contributed by atoms with Crippen molar-refractivity contribution in [1.29, 1.82) is 0 Å². The lowest BCUT2D eigenvalue weighted by molar-refractivity contribution is -0.137. The number of aliphatic carboxylic acids is 1. The van der Waals surface area contributed by atoms with Crippen LogP contribution in [0.2, 0.25) is 0 Å². The van der Waals surface area contributed by atoms with Gasteiger partial charge in [-0.25, -0.2) is 0 Å². The first-order valence-corrected chi connectivity index (χ1v) is 8.00. The van der Waals surface area contributed by atoms with Crippen LogP contribution in [0, 0.1) is 0 Å². The molecule has 0 aliphatic carbocycles. The van der Waals surface area contributed by atoms with E-state index in [0.29, 0.717) is 24.1 Å². The summed E-state index contributed by atoms with van der Waals surface area (Å²) < 4.78 is 0. The predicted octanol–water partition coefficient (Wildman–Crippen LogP) is 2.37. The summed E-state index contributed by atoms with van der Waals surface area (Å²) in [6.45, 7) is 0. The molecule has 6 nitrogen and oxygen atoms in total. The highest BCUT2D eigenvalue weighted by molar-refractivity contribution is 5.94. The van der Waals surface area contributed by atoms with Crippen LogP contribution in [-0.4, -0.2) is 33.3 Å². The highest BCUT2D eigenvalue weighted by Crippen LogP contribution is 2.18. The molecule has 0 aliphatic rings. The van der Waals surface area contributed by atoms with Gasteiger partial charge in [0.2, 0.25) is 0 Å². The van der Waals surface area contributed by atoms with Crippen molar-refractivity contribution in [2.24, 2.45) is 0 Å². The van der Waals surface area contributed by atoms with Crippen LogP contribution in [0.15, 0.2) is 54.6 Å². The molecule has 2 aromatic rings. The molecule has 0 spiro atoms. The fourth-order valence-electron chi connectivity index (χ4n) is 2.39. The molecule has 2 unspecified atom stereocenters. The third-order valence-electron chi connectivity index (χ3n) is 3.79. The van der Waals surface area contributed by atoms with Crippen molar-refractivity contribution in [3.63, 3.8) is 0 Å². The number of hydrogen-bond acceptors (Lipinski definition) is 4. The average molecular weight is 345 g/mol. The summed E-state index contributed by atoms with van der Waals surface area (Å²) in [5, 5.41) is 31.2. The molecule has 25 heavy (non-hydrogen) atoms. The van der Waals surface area contributed by atoms with Crippen molar-refractivity contribution in [2.45, 2.75) is 31.5 Å². The van der Waals surface area contributed by atoms with Crippen LogP contribution in [0.5, 0.6) is 0 Å².